The van der Waals surface area contributed by atoms with Crippen LogP contribution in [-0.2, 0) is 41.6 Å². The Morgan fingerprint density at radius 2 is 1.72 bits per heavy atom. The van der Waals surface area contributed by atoms with E-state index in [-0.39, 0.29) is 24.8 Å². The number of piperidine rings is 1. The summed E-state index contributed by atoms with van der Waals surface area (Å²) in [6.45, 7) is 6.82. The molecule has 0 spiro atoms. The summed E-state index contributed by atoms with van der Waals surface area (Å²) in [5, 5.41) is 10.9. The Morgan fingerprint density at radius 1 is 1.08 bits per heavy atom. The average Bonchev–Trinajstić information content (AvgIpc) is 2.85. The van der Waals surface area contributed by atoms with Crippen molar-refractivity contribution >= 4 is 24.1 Å². The van der Waals surface area contributed by atoms with Crippen molar-refractivity contribution in [2.45, 2.75) is 58.5 Å². The van der Waals surface area contributed by atoms with Gasteiger partial charge in [0.05, 0.1) is 45.5 Å². The van der Waals surface area contributed by atoms with E-state index in [1.165, 1.54) is 0 Å². The minimum atomic E-state index is -0.884. The molecule has 202 valence electrons. The van der Waals surface area contributed by atoms with Gasteiger partial charge >= 0.3 is 5.97 Å². The monoisotopic (exact) mass is 508 g/mol. The fraction of sp³-hybridized carbons (Fsp3) is 0.615. The molecule has 10 heteroatoms. The number of aldehydes is 1. The van der Waals surface area contributed by atoms with E-state index in [9.17, 15) is 19.2 Å². The summed E-state index contributed by atoms with van der Waals surface area (Å²) < 4.78 is 16.1. The number of nitrogens with one attached hydrogen (secondary N) is 1. The van der Waals surface area contributed by atoms with Crippen LogP contribution in [0.15, 0.2) is 18.2 Å². The minimum Gasteiger partial charge on any atom is -0.481 e. The quantitative estimate of drug-likeness (QED) is 0.185. The number of carbonyl (C=O) groups excluding carboxylic acids is 3. The molecule has 1 atom stereocenters. The van der Waals surface area contributed by atoms with Crippen molar-refractivity contribution in [1.82, 2.24) is 10.2 Å². The number of aryl methyl sites for hydroxylation is 1. The van der Waals surface area contributed by atoms with Gasteiger partial charge in [-0.1, -0.05) is 32.0 Å². The number of imide groups is 1. The van der Waals surface area contributed by atoms with Gasteiger partial charge < -0.3 is 19.3 Å². The predicted octanol–water partition coefficient (Wildman–Crippen LogP) is 2.22. The Hall–Kier alpha value is -2.66. The number of amides is 2. The topological polar surface area (TPSA) is 131 Å². The van der Waals surface area contributed by atoms with Gasteiger partial charge in [0.2, 0.25) is 11.8 Å². The van der Waals surface area contributed by atoms with Gasteiger partial charge in [-0.2, -0.15) is 0 Å². The van der Waals surface area contributed by atoms with Gasteiger partial charge in [0.25, 0.3) is 0 Å². The van der Waals surface area contributed by atoms with Crippen molar-refractivity contribution in [1.29, 1.82) is 0 Å². The summed E-state index contributed by atoms with van der Waals surface area (Å²) in [6, 6.07) is 5.31. The summed E-state index contributed by atoms with van der Waals surface area (Å²) in [4.78, 5) is 47.2. The normalized spacial score (nSPS) is 15.3. The molecule has 0 aromatic heterocycles. The number of aliphatic carboxylic acids is 1. The molecule has 10 nitrogen and oxygen atoms in total. The van der Waals surface area contributed by atoms with Crippen LogP contribution in [0.25, 0.3) is 0 Å². The van der Waals surface area contributed by atoms with Gasteiger partial charge in [0, 0.05) is 25.1 Å². The van der Waals surface area contributed by atoms with E-state index in [2.05, 4.69) is 5.32 Å². The maximum atomic E-state index is 12.1. The summed E-state index contributed by atoms with van der Waals surface area (Å²) >= 11 is 0. The number of carboxylic acid groups (broad SMARTS) is 1. The first kappa shape index (κ1) is 31.4. The number of nitrogens with zero attached hydrogens (tertiary/aromatic N) is 1. The molecule has 2 rings (SSSR count). The fourth-order valence-electron chi connectivity index (χ4n) is 3.63. The van der Waals surface area contributed by atoms with Crippen LogP contribution in [0.4, 0.5) is 0 Å². The predicted molar refractivity (Wildman–Crippen MR) is 134 cm³/mol. The van der Waals surface area contributed by atoms with Gasteiger partial charge in [-0.3, -0.25) is 29.4 Å². The van der Waals surface area contributed by atoms with E-state index in [0.29, 0.717) is 58.0 Å². The lowest BCUT2D eigenvalue weighted by Gasteiger charge is -2.30. The van der Waals surface area contributed by atoms with Crippen LogP contribution in [0.5, 0.6) is 0 Å². The second-order valence-corrected chi connectivity index (χ2v) is 8.12. The Balaban J connectivity index is 0.00000316. The van der Waals surface area contributed by atoms with Crippen LogP contribution in [-0.4, -0.2) is 86.8 Å². The Kier molecular flexibility index (Phi) is 16.2. The third kappa shape index (κ3) is 12.3. The van der Waals surface area contributed by atoms with Crippen LogP contribution in [0.2, 0.25) is 0 Å². The summed E-state index contributed by atoms with van der Waals surface area (Å²) in [5.74, 6) is -1.43. The lowest BCUT2D eigenvalue weighted by Crippen LogP contribution is -2.51. The van der Waals surface area contributed by atoms with Gasteiger partial charge in [-0.15, -0.1) is 0 Å². The maximum Gasteiger partial charge on any atom is 0.305 e. The number of ether oxygens (including phenoxy) is 3. The van der Waals surface area contributed by atoms with E-state index >= 15 is 0 Å². The first-order valence-electron chi connectivity index (χ1n) is 12.5. The highest BCUT2D eigenvalue weighted by Crippen LogP contribution is 2.18. The largest absolute Gasteiger partial charge is 0.481 e. The molecule has 1 heterocycles. The summed E-state index contributed by atoms with van der Waals surface area (Å²) in [5.41, 5.74) is 2.51. The van der Waals surface area contributed by atoms with Crippen molar-refractivity contribution in [2.24, 2.45) is 0 Å². The molecular formula is C26H40N2O8. The molecule has 2 N–H and O–H groups in total. The van der Waals surface area contributed by atoms with Crippen molar-refractivity contribution < 1.29 is 38.5 Å². The van der Waals surface area contributed by atoms with Crippen LogP contribution in [0.1, 0.15) is 61.0 Å². The molecule has 0 aliphatic carbocycles. The third-order valence-electron chi connectivity index (χ3n) is 5.45. The highest BCUT2D eigenvalue weighted by Gasteiger charge is 2.29. The Bertz CT molecular complexity index is 830. The highest BCUT2D eigenvalue weighted by atomic mass is 16.5. The molecule has 1 saturated heterocycles. The molecule has 36 heavy (non-hydrogen) atoms. The van der Waals surface area contributed by atoms with Crippen molar-refractivity contribution in [3.05, 3.63) is 34.9 Å². The summed E-state index contributed by atoms with van der Waals surface area (Å²) in [7, 11) is 1.82. The molecular weight excluding hydrogens is 468 g/mol. The zero-order valence-corrected chi connectivity index (χ0v) is 21.6. The van der Waals surface area contributed by atoms with Gasteiger partial charge in [-0.25, -0.2) is 0 Å². The Morgan fingerprint density at radius 3 is 2.33 bits per heavy atom. The van der Waals surface area contributed by atoms with Crippen molar-refractivity contribution in [3.8, 4) is 0 Å². The molecule has 0 bridgehead atoms. The van der Waals surface area contributed by atoms with Gasteiger partial charge in [0.15, 0.2) is 0 Å². The molecule has 0 radical (unpaired) electrons. The number of carbonyl (C=O) groups is 4. The molecule has 1 fully saturated rings. The van der Waals surface area contributed by atoms with E-state index in [0.717, 1.165) is 30.3 Å². The zero-order chi connectivity index (χ0) is 26.8. The van der Waals surface area contributed by atoms with E-state index < -0.39 is 12.0 Å². The van der Waals surface area contributed by atoms with Crippen molar-refractivity contribution in [3.63, 3.8) is 0 Å². The number of hydrogen-bond donors (Lipinski definition) is 2. The lowest BCUT2D eigenvalue weighted by molar-refractivity contribution is -0.139. The van der Waals surface area contributed by atoms with Crippen molar-refractivity contribution in [2.75, 3.05) is 46.7 Å². The lowest BCUT2D eigenvalue weighted by atomic mass is 9.99. The number of carboxylic acids is 1. The van der Waals surface area contributed by atoms with Crippen LogP contribution in [0, 0.1) is 0 Å². The SMILES string of the molecule is CC.CN(Cc1cc(CCCOCCOCCOCCC(=O)O)ccc1C=O)C1CCC(=O)NC1=O. The van der Waals surface area contributed by atoms with Gasteiger partial charge in [0.1, 0.15) is 6.29 Å². The first-order chi connectivity index (χ1) is 17.4. The fourth-order valence-corrected chi connectivity index (χ4v) is 3.63. The van der Waals surface area contributed by atoms with Crippen LogP contribution < -0.4 is 5.32 Å². The molecule has 1 aliphatic rings. The number of benzene rings is 1. The molecule has 0 saturated carbocycles. The smallest absolute Gasteiger partial charge is 0.305 e. The first-order valence-corrected chi connectivity index (χ1v) is 12.5. The van der Waals surface area contributed by atoms with E-state index in [1.54, 1.807) is 6.07 Å². The third-order valence-corrected chi connectivity index (χ3v) is 5.45. The van der Waals surface area contributed by atoms with E-state index in [4.69, 9.17) is 19.3 Å². The molecule has 2 amide bonds. The Labute approximate surface area is 213 Å². The highest BCUT2D eigenvalue weighted by molar-refractivity contribution is 6.00. The maximum absolute atomic E-state index is 12.1. The standard InChI is InChI=1S/C24H34N2O8.C2H6/c1-26(21-6-7-22(28)25-24(21)31)16-20-15-18(4-5-19(20)17-27)3-2-9-32-11-13-34-14-12-33-10-8-23(29)30;1-2/h4-5,15,17,21H,2-3,6-14,16H2,1H3,(H,29,30)(H,25,28,31);1-2H3. The molecule has 1 unspecified atom stereocenters. The number of rotatable bonds is 17. The second kappa shape index (κ2) is 18.6. The van der Waals surface area contributed by atoms with E-state index in [1.807, 2.05) is 37.9 Å². The number of likely N-dealkylation sites (N-methyl/N-ethyl adjacent to an activating group) is 1. The zero-order valence-electron chi connectivity index (χ0n) is 21.6. The summed E-state index contributed by atoms with van der Waals surface area (Å²) in [6.07, 6.45) is 3.17. The molecule has 1 aromatic carbocycles. The second-order valence-electron chi connectivity index (χ2n) is 8.12. The molecule has 1 aliphatic heterocycles. The number of hydrogen-bond acceptors (Lipinski definition) is 8. The van der Waals surface area contributed by atoms with Crippen LogP contribution in [0.3, 0.4) is 0 Å². The average molecular weight is 509 g/mol. The minimum absolute atomic E-state index is 0.0149. The van der Waals surface area contributed by atoms with Crippen LogP contribution >= 0.6 is 0 Å². The molecule has 1 aromatic rings. The van der Waals surface area contributed by atoms with Gasteiger partial charge in [-0.05, 0) is 37.4 Å².